The second-order valence-corrected chi connectivity index (χ2v) is 3.08. The van der Waals surface area contributed by atoms with Crippen molar-refractivity contribution in [2.75, 3.05) is 13.7 Å². The van der Waals surface area contributed by atoms with Crippen molar-refractivity contribution in [2.24, 2.45) is 0 Å². The molecule has 0 aromatic carbocycles. The van der Waals surface area contributed by atoms with E-state index in [0.29, 0.717) is 13.2 Å². The van der Waals surface area contributed by atoms with Crippen molar-refractivity contribution in [3.8, 4) is 0 Å². The van der Waals surface area contributed by atoms with Crippen molar-refractivity contribution < 1.29 is 4.74 Å². The molecule has 0 saturated heterocycles. The van der Waals surface area contributed by atoms with Gasteiger partial charge < -0.3 is 10.1 Å². The highest BCUT2D eigenvalue weighted by atomic mass is 16.5. The number of nitrogens with one attached hydrogen (secondary N) is 1. The molecular weight excluding hydrogens is 178 g/mol. The van der Waals surface area contributed by atoms with E-state index in [9.17, 15) is 0 Å². The van der Waals surface area contributed by atoms with E-state index < -0.39 is 0 Å². The van der Waals surface area contributed by atoms with Crippen molar-refractivity contribution in [3.63, 3.8) is 0 Å². The van der Waals surface area contributed by atoms with E-state index in [4.69, 9.17) is 4.74 Å². The summed E-state index contributed by atoms with van der Waals surface area (Å²) < 4.78 is 5.26. The van der Waals surface area contributed by atoms with Gasteiger partial charge in [0.05, 0.1) is 5.69 Å². The molecule has 1 aromatic heterocycles. The van der Waals surface area contributed by atoms with Gasteiger partial charge in [-0.1, -0.05) is 0 Å². The minimum atomic E-state index is 0.495. The monoisotopic (exact) mass is 195 g/mol. The Hall–Kier alpha value is -1.00. The van der Waals surface area contributed by atoms with Gasteiger partial charge >= 0.3 is 0 Å². The number of rotatable bonds is 5. The highest BCUT2D eigenvalue weighted by Crippen LogP contribution is 2.01. The topological polar surface area (TPSA) is 47.0 Å². The molecule has 78 valence electrons. The van der Waals surface area contributed by atoms with Gasteiger partial charge in [-0.15, -0.1) is 0 Å². The lowest BCUT2D eigenvalue weighted by Gasteiger charge is -2.05. The van der Waals surface area contributed by atoms with Gasteiger partial charge in [-0.3, -0.25) is 0 Å². The van der Waals surface area contributed by atoms with Gasteiger partial charge in [-0.25, -0.2) is 9.97 Å². The highest BCUT2D eigenvalue weighted by molar-refractivity contribution is 5.09. The maximum Gasteiger partial charge on any atom is 0.154 e. The van der Waals surface area contributed by atoms with Crippen molar-refractivity contribution in [2.45, 2.75) is 27.0 Å². The van der Waals surface area contributed by atoms with Gasteiger partial charge in [0.2, 0.25) is 0 Å². The smallest absolute Gasteiger partial charge is 0.154 e. The highest BCUT2D eigenvalue weighted by Gasteiger charge is 2.01. The second kappa shape index (κ2) is 5.67. The molecule has 4 nitrogen and oxygen atoms in total. The van der Waals surface area contributed by atoms with Crippen LogP contribution in [0.2, 0.25) is 0 Å². The molecule has 0 radical (unpaired) electrons. The Labute approximate surface area is 84.7 Å². The Morgan fingerprint density at radius 2 is 2.21 bits per heavy atom. The molecule has 14 heavy (non-hydrogen) atoms. The molecule has 1 rings (SSSR count). The number of aromatic nitrogens is 2. The number of ether oxygens (including phenoxy) is 1. The van der Waals surface area contributed by atoms with E-state index >= 15 is 0 Å². The van der Waals surface area contributed by atoms with E-state index in [2.05, 4.69) is 15.3 Å². The molecule has 0 saturated carbocycles. The molecule has 0 amide bonds. The van der Waals surface area contributed by atoms with Gasteiger partial charge in [0.15, 0.2) is 5.82 Å². The van der Waals surface area contributed by atoms with Gasteiger partial charge in [0, 0.05) is 18.8 Å². The normalized spacial score (nSPS) is 10.5. The Morgan fingerprint density at radius 3 is 2.86 bits per heavy atom. The van der Waals surface area contributed by atoms with Gasteiger partial charge in [-0.2, -0.15) is 0 Å². The summed E-state index contributed by atoms with van der Waals surface area (Å²) >= 11 is 0. The van der Waals surface area contributed by atoms with Crippen LogP contribution < -0.4 is 5.32 Å². The SMILES string of the molecule is CCOCc1nc(C)cc(CNC)n1. The maximum atomic E-state index is 5.26. The number of aryl methyl sites for hydroxylation is 1. The van der Waals surface area contributed by atoms with Crippen LogP contribution in [0.25, 0.3) is 0 Å². The first-order valence-electron chi connectivity index (χ1n) is 4.82. The summed E-state index contributed by atoms with van der Waals surface area (Å²) in [5, 5.41) is 3.06. The fraction of sp³-hybridized carbons (Fsp3) is 0.600. The van der Waals surface area contributed by atoms with E-state index in [0.717, 1.165) is 23.8 Å². The summed E-state index contributed by atoms with van der Waals surface area (Å²) in [6, 6.07) is 1.98. The van der Waals surface area contributed by atoms with Crippen LogP contribution in [-0.2, 0) is 17.9 Å². The quantitative estimate of drug-likeness (QED) is 0.762. The standard InChI is InChI=1S/C10H17N3O/c1-4-14-7-10-12-8(2)5-9(13-10)6-11-3/h5,11H,4,6-7H2,1-3H3. The molecule has 4 heteroatoms. The summed E-state index contributed by atoms with van der Waals surface area (Å²) in [6.45, 7) is 5.89. The fourth-order valence-electron chi connectivity index (χ4n) is 1.23. The minimum absolute atomic E-state index is 0.495. The molecule has 0 fully saturated rings. The summed E-state index contributed by atoms with van der Waals surface area (Å²) in [7, 11) is 1.90. The number of hydrogen-bond acceptors (Lipinski definition) is 4. The Kier molecular flexibility index (Phi) is 4.49. The Bertz CT molecular complexity index is 289. The average Bonchev–Trinajstić information content (AvgIpc) is 2.14. The second-order valence-electron chi connectivity index (χ2n) is 3.08. The van der Waals surface area contributed by atoms with E-state index in [-0.39, 0.29) is 0 Å². The van der Waals surface area contributed by atoms with Crippen LogP contribution in [-0.4, -0.2) is 23.6 Å². The lowest BCUT2D eigenvalue weighted by Crippen LogP contribution is -2.10. The maximum absolute atomic E-state index is 5.26. The predicted octanol–water partition coefficient (Wildman–Crippen LogP) is 1.04. The van der Waals surface area contributed by atoms with E-state index in [1.165, 1.54) is 0 Å². The molecule has 0 aliphatic rings. The molecule has 1 N–H and O–H groups in total. The van der Waals surface area contributed by atoms with E-state index in [1.54, 1.807) is 0 Å². The number of nitrogens with zero attached hydrogens (tertiary/aromatic N) is 2. The molecular formula is C10H17N3O. The largest absolute Gasteiger partial charge is 0.374 e. The summed E-state index contributed by atoms with van der Waals surface area (Å²) in [5.74, 6) is 0.761. The zero-order chi connectivity index (χ0) is 10.4. The lowest BCUT2D eigenvalue weighted by atomic mass is 10.3. The van der Waals surface area contributed by atoms with Crippen molar-refractivity contribution in [3.05, 3.63) is 23.3 Å². The van der Waals surface area contributed by atoms with Gasteiger partial charge in [-0.05, 0) is 27.0 Å². The molecule has 0 aliphatic carbocycles. The predicted molar refractivity (Wildman–Crippen MR) is 54.9 cm³/mol. The third kappa shape index (κ3) is 3.40. The van der Waals surface area contributed by atoms with Crippen LogP contribution in [0, 0.1) is 6.92 Å². The van der Waals surface area contributed by atoms with E-state index in [1.807, 2.05) is 27.0 Å². The van der Waals surface area contributed by atoms with Gasteiger partial charge in [0.1, 0.15) is 6.61 Å². The van der Waals surface area contributed by atoms with Crippen LogP contribution in [0.15, 0.2) is 6.07 Å². The molecule has 0 bridgehead atoms. The summed E-state index contributed by atoms with van der Waals surface area (Å²) in [5.41, 5.74) is 2.00. The molecule has 0 spiro atoms. The van der Waals surface area contributed by atoms with Crippen LogP contribution in [0.1, 0.15) is 24.1 Å². The van der Waals surface area contributed by atoms with Crippen LogP contribution >= 0.6 is 0 Å². The zero-order valence-corrected chi connectivity index (χ0v) is 9.00. The Morgan fingerprint density at radius 1 is 1.43 bits per heavy atom. The lowest BCUT2D eigenvalue weighted by molar-refractivity contribution is 0.128. The van der Waals surface area contributed by atoms with Gasteiger partial charge in [0.25, 0.3) is 0 Å². The van der Waals surface area contributed by atoms with Crippen LogP contribution in [0.5, 0.6) is 0 Å². The zero-order valence-electron chi connectivity index (χ0n) is 9.00. The summed E-state index contributed by atoms with van der Waals surface area (Å²) in [4.78, 5) is 8.65. The van der Waals surface area contributed by atoms with Crippen molar-refractivity contribution in [1.82, 2.24) is 15.3 Å². The Balaban J connectivity index is 2.73. The van der Waals surface area contributed by atoms with Crippen molar-refractivity contribution in [1.29, 1.82) is 0 Å². The number of hydrogen-bond donors (Lipinski definition) is 1. The van der Waals surface area contributed by atoms with Crippen LogP contribution in [0.4, 0.5) is 0 Å². The van der Waals surface area contributed by atoms with Crippen LogP contribution in [0.3, 0.4) is 0 Å². The fourth-order valence-corrected chi connectivity index (χ4v) is 1.23. The summed E-state index contributed by atoms with van der Waals surface area (Å²) in [6.07, 6.45) is 0. The third-order valence-electron chi connectivity index (χ3n) is 1.75. The third-order valence-corrected chi connectivity index (χ3v) is 1.75. The first-order valence-corrected chi connectivity index (χ1v) is 4.82. The first-order chi connectivity index (χ1) is 6.76. The molecule has 1 aromatic rings. The molecule has 0 unspecified atom stereocenters. The first kappa shape index (κ1) is 11.1. The minimum Gasteiger partial charge on any atom is -0.374 e. The van der Waals surface area contributed by atoms with Crippen molar-refractivity contribution >= 4 is 0 Å². The molecule has 0 atom stereocenters. The molecule has 1 heterocycles. The average molecular weight is 195 g/mol. The molecule has 0 aliphatic heterocycles.